The molecule has 0 spiro atoms. The van der Waals surface area contributed by atoms with Gasteiger partial charge < -0.3 is 24.3 Å². The van der Waals surface area contributed by atoms with Gasteiger partial charge in [-0.25, -0.2) is 0 Å². The molecule has 9 heteroatoms. The van der Waals surface area contributed by atoms with Crippen LogP contribution in [-0.2, 0) is 22.7 Å². The van der Waals surface area contributed by atoms with Gasteiger partial charge in [-0.2, -0.15) is 5.26 Å². The lowest BCUT2D eigenvalue weighted by molar-refractivity contribution is -0.135. The first-order chi connectivity index (χ1) is 17.9. The van der Waals surface area contributed by atoms with Gasteiger partial charge in [0.05, 0.1) is 0 Å². The number of carbonyl (C=O) groups excluding carboxylic acids is 2. The molecule has 1 fully saturated rings. The molecule has 3 aromatic rings. The highest BCUT2D eigenvalue weighted by molar-refractivity contribution is 9.10. The van der Waals surface area contributed by atoms with Crippen LogP contribution in [0.25, 0.3) is 17.0 Å². The van der Waals surface area contributed by atoms with E-state index in [-0.39, 0.29) is 37.4 Å². The van der Waals surface area contributed by atoms with Gasteiger partial charge >= 0.3 is 0 Å². The minimum absolute atomic E-state index is 0.0178. The number of nitrogens with one attached hydrogen (secondary N) is 1. The standard InChI is InChI=1S/C28H27BrN4O4/c1-18-4-2-3-9-33(18)27(34)16-32-15-21(23-12-22(29)6-7-24(23)32)11-20(13-30)28(35)31-14-19-5-8-25-26(10-19)37-17-36-25/h5-8,10-12,15,18H,2-4,9,14,16-17H2,1H3,(H,31,35)/b20-11+/t18-/m1/s1. The molecule has 2 amide bonds. The number of likely N-dealkylation sites (tertiary alicyclic amines) is 1. The molecular formula is C28H27BrN4O4. The van der Waals surface area contributed by atoms with E-state index < -0.39 is 5.91 Å². The van der Waals surface area contributed by atoms with E-state index in [1.165, 1.54) is 0 Å². The largest absolute Gasteiger partial charge is 0.454 e. The summed E-state index contributed by atoms with van der Waals surface area (Å²) >= 11 is 3.51. The van der Waals surface area contributed by atoms with Gasteiger partial charge in [-0.15, -0.1) is 0 Å². The minimum atomic E-state index is -0.478. The van der Waals surface area contributed by atoms with Crippen LogP contribution >= 0.6 is 15.9 Å². The fourth-order valence-corrected chi connectivity index (χ4v) is 5.24. The summed E-state index contributed by atoms with van der Waals surface area (Å²) in [5.41, 5.74) is 2.38. The van der Waals surface area contributed by atoms with Gasteiger partial charge in [-0.1, -0.05) is 22.0 Å². The Morgan fingerprint density at radius 3 is 2.84 bits per heavy atom. The van der Waals surface area contributed by atoms with Gasteiger partial charge in [0.1, 0.15) is 18.2 Å². The zero-order valence-corrected chi connectivity index (χ0v) is 22.1. The van der Waals surface area contributed by atoms with Crippen molar-refractivity contribution in [3.05, 3.63) is 63.8 Å². The molecule has 2 aliphatic rings. The number of nitrogens with zero attached hydrogens (tertiary/aromatic N) is 3. The second-order valence-electron chi connectivity index (χ2n) is 9.35. The van der Waals surface area contributed by atoms with Crippen LogP contribution in [0.2, 0.25) is 0 Å². The van der Waals surface area contributed by atoms with E-state index in [1.807, 2.05) is 52.1 Å². The summed E-state index contributed by atoms with van der Waals surface area (Å²) in [6.45, 7) is 3.49. The molecule has 5 rings (SSSR count). The topological polar surface area (TPSA) is 96.6 Å². The Labute approximate surface area is 223 Å². The molecule has 0 aliphatic carbocycles. The molecule has 1 N–H and O–H groups in total. The normalized spacial score (nSPS) is 17.1. The SMILES string of the molecule is C[C@@H]1CCCCN1C(=O)Cn1cc(/C=C(\C#N)C(=O)NCc2ccc3c(c2)OCO3)c2cc(Br)ccc21. The number of fused-ring (bicyclic) bond motifs is 2. The molecule has 1 aromatic heterocycles. The average Bonchev–Trinajstić information content (AvgIpc) is 3.49. The molecule has 0 unspecified atom stereocenters. The lowest BCUT2D eigenvalue weighted by atomic mass is 10.0. The third kappa shape index (κ3) is 5.35. The lowest BCUT2D eigenvalue weighted by Crippen LogP contribution is -2.43. The van der Waals surface area contributed by atoms with E-state index in [4.69, 9.17) is 9.47 Å². The summed E-state index contributed by atoms with van der Waals surface area (Å²) in [6.07, 6.45) is 6.61. The smallest absolute Gasteiger partial charge is 0.262 e. The number of benzene rings is 2. The Bertz CT molecular complexity index is 1440. The van der Waals surface area contributed by atoms with Crippen LogP contribution in [0, 0.1) is 11.3 Å². The van der Waals surface area contributed by atoms with Crippen LogP contribution < -0.4 is 14.8 Å². The van der Waals surface area contributed by atoms with Crippen molar-refractivity contribution < 1.29 is 19.1 Å². The number of rotatable bonds is 6. The van der Waals surface area contributed by atoms with Crippen molar-refractivity contribution in [3.8, 4) is 17.6 Å². The third-order valence-corrected chi connectivity index (χ3v) is 7.35. The summed E-state index contributed by atoms with van der Waals surface area (Å²) in [5.74, 6) is 0.900. The molecule has 0 saturated carbocycles. The second-order valence-corrected chi connectivity index (χ2v) is 10.3. The van der Waals surface area contributed by atoms with E-state index in [0.29, 0.717) is 17.1 Å². The lowest BCUT2D eigenvalue weighted by Gasteiger charge is -2.33. The fraction of sp³-hybridized carbons (Fsp3) is 0.321. The van der Waals surface area contributed by atoms with E-state index in [9.17, 15) is 14.9 Å². The predicted molar refractivity (Wildman–Crippen MR) is 143 cm³/mol. The molecule has 37 heavy (non-hydrogen) atoms. The van der Waals surface area contributed by atoms with Crippen molar-refractivity contribution in [3.63, 3.8) is 0 Å². The number of halogens is 1. The van der Waals surface area contributed by atoms with E-state index in [2.05, 4.69) is 28.2 Å². The summed E-state index contributed by atoms with van der Waals surface area (Å²) in [7, 11) is 0. The molecule has 0 radical (unpaired) electrons. The average molecular weight is 563 g/mol. The van der Waals surface area contributed by atoms with Crippen LogP contribution in [-0.4, -0.2) is 40.7 Å². The Balaban J connectivity index is 1.37. The highest BCUT2D eigenvalue weighted by atomic mass is 79.9. The predicted octanol–water partition coefficient (Wildman–Crippen LogP) is 4.76. The van der Waals surface area contributed by atoms with Gasteiger partial charge in [0.15, 0.2) is 11.5 Å². The van der Waals surface area contributed by atoms with Crippen LogP contribution in [0.5, 0.6) is 11.5 Å². The first-order valence-corrected chi connectivity index (χ1v) is 13.1. The molecule has 8 nitrogen and oxygen atoms in total. The summed E-state index contributed by atoms with van der Waals surface area (Å²) < 4.78 is 13.5. The van der Waals surface area contributed by atoms with E-state index >= 15 is 0 Å². The van der Waals surface area contributed by atoms with Gasteiger partial charge in [-0.3, -0.25) is 9.59 Å². The molecule has 2 aromatic carbocycles. The fourth-order valence-electron chi connectivity index (χ4n) is 4.88. The molecule has 1 atom stereocenters. The summed E-state index contributed by atoms with van der Waals surface area (Å²) in [6, 6.07) is 13.5. The van der Waals surface area contributed by atoms with Crippen molar-refractivity contribution in [2.24, 2.45) is 0 Å². The highest BCUT2D eigenvalue weighted by Crippen LogP contribution is 2.32. The van der Waals surface area contributed by atoms with Gasteiger partial charge in [0, 0.05) is 46.3 Å². The van der Waals surface area contributed by atoms with E-state index in [0.717, 1.165) is 46.7 Å². The number of piperidine rings is 1. The molecule has 3 heterocycles. The molecular weight excluding hydrogens is 536 g/mol. The van der Waals surface area contributed by atoms with Crippen molar-refractivity contribution in [2.45, 2.75) is 45.3 Å². The zero-order valence-electron chi connectivity index (χ0n) is 20.5. The van der Waals surface area contributed by atoms with Crippen LogP contribution in [0.4, 0.5) is 0 Å². The molecule has 190 valence electrons. The Kier molecular flexibility index (Phi) is 7.19. The number of ether oxygens (including phenoxy) is 2. The number of aromatic nitrogens is 1. The second kappa shape index (κ2) is 10.7. The highest BCUT2D eigenvalue weighted by Gasteiger charge is 2.24. The van der Waals surface area contributed by atoms with Crippen LogP contribution in [0.1, 0.15) is 37.3 Å². The first kappa shape index (κ1) is 24.9. The Morgan fingerprint density at radius 2 is 2.03 bits per heavy atom. The van der Waals surface area contributed by atoms with Crippen molar-refractivity contribution in [1.29, 1.82) is 5.26 Å². The summed E-state index contributed by atoms with van der Waals surface area (Å²) in [5, 5.41) is 13.4. The van der Waals surface area contributed by atoms with Crippen LogP contribution in [0.15, 0.2) is 52.6 Å². The van der Waals surface area contributed by atoms with Gasteiger partial charge in [0.2, 0.25) is 12.7 Å². The Morgan fingerprint density at radius 1 is 1.19 bits per heavy atom. The first-order valence-electron chi connectivity index (χ1n) is 12.3. The number of amides is 2. The number of hydrogen-bond donors (Lipinski definition) is 1. The van der Waals surface area contributed by atoms with Crippen molar-refractivity contribution >= 4 is 44.7 Å². The van der Waals surface area contributed by atoms with Gasteiger partial charge in [-0.05, 0) is 68.2 Å². The number of carbonyl (C=O) groups is 2. The third-order valence-electron chi connectivity index (χ3n) is 6.86. The Hall–Kier alpha value is -3.77. The number of nitriles is 1. The van der Waals surface area contributed by atoms with E-state index in [1.54, 1.807) is 12.1 Å². The maximum absolute atomic E-state index is 13.1. The molecule has 2 aliphatic heterocycles. The quantitative estimate of drug-likeness (QED) is 0.345. The minimum Gasteiger partial charge on any atom is -0.454 e. The maximum Gasteiger partial charge on any atom is 0.262 e. The monoisotopic (exact) mass is 562 g/mol. The van der Waals surface area contributed by atoms with Crippen LogP contribution in [0.3, 0.4) is 0 Å². The van der Waals surface area contributed by atoms with Crippen molar-refractivity contribution in [2.75, 3.05) is 13.3 Å². The zero-order chi connectivity index (χ0) is 25.9. The van der Waals surface area contributed by atoms with Crippen molar-refractivity contribution in [1.82, 2.24) is 14.8 Å². The molecule has 1 saturated heterocycles. The number of hydrogen-bond acceptors (Lipinski definition) is 5. The maximum atomic E-state index is 13.1. The van der Waals surface area contributed by atoms with Gasteiger partial charge in [0.25, 0.3) is 5.91 Å². The molecule has 0 bridgehead atoms. The summed E-state index contributed by atoms with van der Waals surface area (Å²) in [4.78, 5) is 28.0.